The van der Waals surface area contributed by atoms with Crippen molar-refractivity contribution in [3.05, 3.63) is 0 Å². The summed E-state index contributed by atoms with van der Waals surface area (Å²) >= 11 is 0. The highest BCUT2D eigenvalue weighted by atomic mass is 32.2. The van der Waals surface area contributed by atoms with Crippen LogP contribution in [0, 0.1) is 5.92 Å². The number of sulfonamides is 1. The summed E-state index contributed by atoms with van der Waals surface area (Å²) in [6.07, 6.45) is 1.000. The molecular weight excluding hydrogens is 230 g/mol. The molecule has 1 rings (SSSR count). The minimum Gasteiger partial charge on any atom is -0.480 e. The zero-order valence-electron chi connectivity index (χ0n) is 9.93. The largest absolute Gasteiger partial charge is 0.480 e. The lowest BCUT2D eigenvalue weighted by atomic mass is 10.0. The van der Waals surface area contributed by atoms with Crippen LogP contribution in [0.2, 0.25) is 0 Å². The first-order valence-corrected chi connectivity index (χ1v) is 7.05. The summed E-state index contributed by atoms with van der Waals surface area (Å²) < 4.78 is 25.2. The molecule has 0 amide bonds. The molecule has 0 aromatic heterocycles. The van der Waals surface area contributed by atoms with Gasteiger partial charge < -0.3 is 5.11 Å². The smallest absolute Gasteiger partial charge is 0.324 e. The number of aliphatic carboxylic acids is 1. The second kappa shape index (κ2) is 4.33. The Bertz CT molecular complexity index is 376. The molecule has 1 saturated heterocycles. The molecular formula is C10H19NO4S. The molecule has 1 unspecified atom stereocenters. The van der Waals surface area contributed by atoms with E-state index < -0.39 is 21.5 Å². The molecule has 0 aromatic rings. The van der Waals surface area contributed by atoms with E-state index >= 15 is 0 Å². The van der Waals surface area contributed by atoms with Gasteiger partial charge in [0, 0.05) is 6.54 Å². The lowest BCUT2D eigenvalue weighted by Crippen LogP contribution is -2.51. The summed E-state index contributed by atoms with van der Waals surface area (Å²) in [5, 5.41) is 9.13. The van der Waals surface area contributed by atoms with E-state index in [2.05, 4.69) is 0 Å². The molecule has 1 aliphatic heterocycles. The molecule has 6 heteroatoms. The third-order valence-electron chi connectivity index (χ3n) is 2.92. The summed E-state index contributed by atoms with van der Waals surface area (Å²) in [6.45, 7) is 5.43. The van der Waals surface area contributed by atoms with Gasteiger partial charge in [0.2, 0.25) is 10.0 Å². The molecule has 16 heavy (non-hydrogen) atoms. The number of carbonyl (C=O) groups is 1. The van der Waals surface area contributed by atoms with E-state index in [0.717, 1.165) is 4.31 Å². The molecule has 0 aromatic carbocycles. The van der Waals surface area contributed by atoms with Crippen molar-refractivity contribution in [3.63, 3.8) is 0 Å². The second-order valence-corrected chi connectivity index (χ2v) is 6.87. The summed E-state index contributed by atoms with van der Waals surface area (Å²) in [6, 6.07) is 0. The zero-order chi connectivity index (χ0) is 12.6. The van der Waals surface area contributed by atoms with Gasteiger partial charge >= 0.3 is 5.97 Å². The standard InChI is InChI=1S/C10H19NO4S/c1-8(2)7-16(14,15)11-6-4-5-10(11,3)9(12)13/h8H,4-7H2,1-3H3,(H,12,13). The van der Waals surface area contributed by atoms with Crippen LogP contribution >= 0.6 is 0 Å². The Hall–Kier alpha value is -0.620. The van der Waals surface area contributed by atoms with E-state index in [9.17, 15) is 13.2 Å². The average Bonchev–Trinajstić information content (AvgIpc) is 2.46. The minimum absolute atomic E-state index is 0.00337. The number of hydrogen-bond donors (Lipinski definition) is 1. The highest BCUT2D eigenvalue weighted by molar-refractivity contribution is 7.89. The maximum Gasteiger partial charge on any atom is 0.324 e. The van der Waals surface area contributed by atoms with Gasteiger partial charge in [0.05, 0.1) is 5.75 Å². The fourth-order valence-electron chi connectivity index (χ4n) is 2.11. The molecule has 1 aliphatic rings. The van der Waals surface area contributed by atoms with Crippen molar-refractivity contribution < 1.29 is 18.3 Å². The summed E-state index contributed by atoms with van der Waals surface area (Å²) in [7, 11) is -3.46. The van der Waals surface area contributed by atoms with Crippen LogP contribution in [-0.4, -0.2) is 41.6 Å². The summed E-state index contributed by atoms with van der Waals surface area (Å²) in [5.74, 6) is -1.04. The highest BCUT2D eigenvalue weighted by Gasteiger charge is 2.49. The quantitative estimate of drug-likeness (QED) is 0.803. The Balaban J connectivity index is 3.00. The normalized spacial score (nSPS) is 27.5. The van der Waals surface area contributed by atoms with Gasteiger partial charge in [-0.3, -0.25) is 4.79 Å². The minimum atomic E-state index is -3.46. The van der Waals surface area contributed by atoms with Crippen molar-refractivity contribution in [1.82, 2.24) is 4.31 Å². The van der Waals surface area contributed by atoms with Crippen LogP contribution in [-0.2, 0) is 14.8 Å². The van der Waals surface area contributed by atoms with Gasteiger partial charge in [0.25, 0.3) is 0 Å². The number of nitrogens with zero attached hydrogens (tertiary/aromatic N) is 1. The average molecular weight is 249 g/mol. The van der Waals surface area contributed by atoms with Crippen LogP contribution in [0.15, 0.2) is 0 Å². The van der Waals surface area contributed by atoms with Crippen LogP contribution in [0.5, 0.6) is 0 Å². The highest BCUT2D eigenvalue weighted by Crippen LogP contribution is 2.32. The van der Waals surface area contributed by atoms with Gasteiger partial charge in [-0.1, -0.05) is 13.8 Å². The van der Waals surface area contributed by atoms with Crippen LogP contribution in [0.4, 0.5) is 0 Å². The molecule has 0 saturated carbocycles. The Labute approximate surface area is 96.5 Å². The molecule has 0 bridgehead atoms. The fraction of sp³-hybridized carbons (Fsp3) is 0.900. The molecule has 0 spiro atoms. The molecule has 1 fully saturated rings. The van der Waals surface area contributed by atoms with Crippen molar-refractivity contribution >= 4 is 16.0 Å². The number of hydrogen-bond acceptors (Lipinski definition) is 3. The first-order chi connectivity index (χ1) is 7.20. The number of carboxylic acids is 1. The first-order valence-electron chi connectivity index (χ1n) is 5.44. The Morgan fingerprint density at radius 3 is 2.50 bits per heavy atom. The van der Waals surface area contributed by atoms with E-state index in [1.165, 1.54) is 6.92 Å². The van der Waals surface area contributed by atoms with Crippen LogP contribution in [0.1, 0.15) is 33.6 Å². The fourth-order valence-corrected chi connectivity index (χ4v) is 4.32. The van der Waals surface area contributed by atoms with Gasteiger partial charge in [0.15, 0.2) is 0 Å². The third-order valence-corrected chi connectivity index (χ3v) is 5.26. The summed E-state index contributed by atoms with van der Waals surface area (Å²) in [4.78, 5) is 11.2. The van der Waals surface area contributed by atoms with Crippen LogP contribution in [0.25, 0.3) is 0 Å². The lowest BCUT2D eigenvalue weighted by molar-refractivity contribution is -0.146. The van der Waals surface area contributed by atoms with Crippen molar-refractivity contribution in [2.45, 2.75) is 39.2 Å². The first kappa shape index (κ1) is 13.4. The number of carboxylic acid groups (broad SMARTS) is 1. The maximum atomic E-state index is 12.0. The Morgan fingerprint density at radius 1 is 1.50 bits per heavy atom. The van der Waals surface area contributed by atoms with Gasteiger partial charge in [-0.05, 0) is 25.7 Å². The topological polar surface area (TPSA) is 74.7 Å². The van der Waals surface area contributed by atoms with Gasteiger partial charge in [-0.15, -0.1) is 0 Å². The van der Waals surface area contributed by atoms with Gasteiger partial charge in [0.1, 0.15) is 5.54 Å². The van der Waals surface area contributed by atoms with E-state index in [1.54, 1.807) is 0 Å². The maximum absolute atomic E-state index is 12.0. The van der Waals surface area contributed by atoms with Crippen LogP contribution in [0.3, 0.4) is 0 Å². The lowest BCUT2D eigenvalue weighted by Gasteiger charge is -2.30. The van der Waals surface area contributed by atoms with Crippen molar-refractivity contribution in [2.24, 2.45) is 5.92 Å². The van der Waals surface area contributed by atoms with Crippen LogP contribution < -0.4 is 0 Å². The van der Waals surface area contributed by atoms with Gasteiger partial charge in [-0.2, -0.15) is 4.31 Å². The van der Waals surface area contributed by atoms with Crippen molar-refractivity contribution in [1.29, 1.82) is 0 Å². The Kier molecular flexibility index (Phi) is 3.64. The molecule has 1 heterocycles. The Morgan fingerprint density at radius 2 is 2.06 bits per heavy atom. The van der Waals surface area contributed by atoms with Crippen molar-refractivity contribution in [2.75, 3.05) is 12.3 Å². The predicted octanol–water partition coefficient (Wildman–Crippen LogP) is 0.911. The van der Waals surface area contributed by atoms with Crippen molar-refractivity contribution in [3.8, 4) is 0 Å². The van der Waals surface area contributed by atoms with Gasteiger partial charge in [-0.25, -0.2) is 8.42 Å². The molecule has 0 radical (unpaired) electrons. The monoisotopic (exact) mass is 249 g/mol. The third kappa shape index (κ3) is 2.38. The van der Waals surface area contributed by atoms with E-state index in [0.29, 0.717) is 19.4 Å². The zero-order valence-corrected chi connectivity index (χ0v) is 10.7. The van der Waals surface area contributed by atoms with E-state index in [1.807, 2.05) is 13.8 Å². The molecule has 0 aliphatic carbocycles. The number of rotatable bonds is 4. The predicted molar refractivity (Wildman–Crippen MR) is 60.6 cm³/mol. The second-order valence-electron chi connectivity index (χ2n) is 4.93. The van der Waals surface area contributed by atoms with E-state index in [4.69, 9.17) is 5.11 Å². The SMILES string of the molecule is CC(C)CS(=O)(=O)N1CCCC1(C)C(=O)O. The molecule has 5 nitrogen and oxygen atoms in total. The molecule has 1 N–H and O–H groups in total. The van der Waals surface area contributed by atoms with E-state index in [-0.39, 0.29) is 11.7 Å². The molecule has 94 valence electrons. The molecule has 1 atom stereocenters. The summed E-state index contributed by atoms with van der Waals surface area (Å²) in [5.41, 5.74) is -1.26.